The Balaban J connectivity index is 1.93. The molecule has 0 radical (unpaired) electrons. The Labute approximate surface area is 105 Å². The van der Waals surface area contributed by atoms with Crippen LogP contribution < -0.4 is 0 Å². The van der Waals surface area contributed by atoms with Gasteiger partial charge in [0.15, 0.2) is 0 Å². The number of halogens is 1. The van der Waals surface area contributed by atoms with Crippen LogP contribution in [0.25, 0.3) is 0 Å². The van der Waals surface area contributed by atoms with Crippen molar-refractivity contribution in [3.8, 4) is 0 Å². The fourth-order valence-electron chi connectivity index (χ4n) is 2.34. The summed E-state index contributed by atoms with van der Waals surface area (Å²) in [6, 6.07) is 0.642. The van der Waals surface area contributed by atoms with Crippen molar-refractivity contribution in [1.29, 1.82) is 0 Å². The van der Waals surface area contributed by atoms with Gasteiger partial charge in [-0.1, -0.05) is 18.3 Å². The highest BCUT2D eigenvalue weighted by atomic mass is 35.5. The first kappa shape index (κ1) is 12.2. The molecule has 90 valence electrons. The Kier molecular flexibility index (Phi) is 3.79. The standard InChI is InChI=1S/C10H17ClN4S/c1-7-4-15(5-8(7)14(2)3)6-9-12-13-10(11)16-9/h7-8H,4-6H2,1-3H3. The van der Waals surface area contributed by atoms with Gasteiger partial charge in [0.25, 0.3) is 0 Å². The molecule has 2 rings (SSSR count). The summed E-state index contributed by atoms with van der Waals surface area (Å²) in [5, 5.41) is 8.89. The van der Waals surface area contributed by atoms with Crippen LogP contribution in [-0.2, 0) is 6.54 Å². The highest BCUT2D eigenvalue weighted by Gasteiger charge is 2.31. The molecule has 0 aliphatic carbocycles. The van der Waals surface area contributed by atoms with Crippen molar-refractivity contribution in [2.45, 2.75) is 19.5 Å². The highest BCUT2D eigenvalue weighted by molar-refractivity contribution is 7.15. The van der Waals surface area contributed by atoms with Crippen LogP contribution in [0, 0.1) is 5.92 Å². The third-order valence-corrected chi connectivity index (χ3v) is 4.12. The van der Waals surface area contributed by atoms with E-state index in [4.69, 9.17) is 11.6 Å². The van der Waals surface area contributed by atoms with E-state index >= 15 is 0 Å². The van der Waals surface area contributed by atoms with Gasteiger partial charge in [-0.3, -0.25) is 4.90 Å². The first-order valence-corrected chi connectivity index (χ1v) is 6.62. The van der Waals surface area contributed by atoms with Gasteiger partial charge in [-0.2, -0.15) is 0 Å². The fourth-order valence-corrected chi connectivity index (χ4v) is 3.25. The molecule has 2 unspecified atom stereocenters. The summed E-state index contributed by atoms with van der Waals surface area (Å²) in [5.41, 5.74) is 0. The molecule has 0 amide bonds. The van der Waals surface area contributed by atoms with Crippen LogP contribution in [0.15, 0.2) is 0 Å². The third-order valence-electron chi connectivity index (χ3n) is 3.11. The Morgan fingerprint density at radius 1 is 1.44 bits per heavy atom. The zero-order valence-electron chi connectivity index (χ0n) is 9.85. The molecule has 1 aliphatic heterocycles. The molecule has 0 spiro atoms. The van der Waals surface area contributed by atoms with E-state index in [1.165, 1.54) is 11.3 Å². The van der Waals surface area contributed by atoms with E-state index in [1.807, 2.05) is 0 Å². The van der Waals surface area contributed by atoms with Gasteiger partial charge in [-0.15, -0.1) is 10.2 Å². The molecule has 1 aromatic rings. The van der Waals surface area contributed by atoms with Crippen molar-refractivity contribution in [2.24, 2.45) is 5.92 Å². The van der Waals surface area contributed by atoms with Crippen molar-refractivity contribution < 1.29 is 0 Å². The maximum atomic E-state index is 5.77. The van der Waals surface area contributed by atoms with Gasteiger partial charge in [0, 0.05) is 19.1 Å². The molecule has 1 saturated heterocycles. The number of rotatable bonds is 3. The fraction of sp³-hybridized carbons (Fsp3) is 0.800. The Hall–Kier alpha value is -0.230. The van der Waals surface area contributed by atoms with Crippen molar-refractivity contribution in [2.75, 3.05) is 27.2 Å². The molecule has 16 heavy (non-hydrogen) atoms. The van der Waals surface area contributed by atoms with E-state index in [2.05, 4.69) is 41.0 Å². The van der Waals surface area contributed by atoms with Crippen LogP contribution in [0.3, 0.4) is 0 Å². The molecule has 2 atom stereocenters. The van der Waals surface area contributed by atoms with Gasteiger partial charge in [0.05, 0.1) is 6.54 Å². The van der Waals surface area contributed by atoms with Gasteiger partial charge < -0.3 is 4.90 Å². The second-order valence-electron chi connectivity index (χ2n) is 4.65. The molecule has 1 fully saturated rings. The number of hydrogen-bond donors (Lipinski definition) is 0. The number of nitrogens with zero attached hydrogens (tertiary/aromatic N) is 4. The van der Waals surface area contributed by atoms with Crippen molar-refractivity contribution >= 4 is 22.9 Å². The predicted octanol–water partition coefficient (Wildman–Crippen LogP) is 1.57. The van der Waals surface area contributed by atoms with Crippen LogP contribution in [0.4, 0.5) is 0 Å². The summed E-state index contributed by atoms with van der Waals surface area (Å²) >= 11 is 7.25. The highest BCUT2D eigenvalue weighted by Crippen LogP contribution is 2.23. The van der Waals surface area contributed by atoms with Gasteiger partial charge in [0.2, 0.25) is 4.47 Å². The topological polar surface area (TPSA) is 32.3 Å². The van der Waals surface area contributed by atoms with E-state index in [9.17, 15) is 0 Å². The molecule has 6 heteroatoms. The van der Waals surface area contributed by atoms with Crippen molar-refractivity contribution in [3.63, 3.8) is 0 Å². The lowest BCUT2D eigenvalue weighted by molar-refractivity contribution is 0.250. The second-order valence-corrected chi connectivity index (χ2v) is 6.30. The number of likely N-dealkylation sites (tertiary alicyclic amines) is 1. The van der Waals surface area contributed by atoms with Crippen molar-refractivity contribution in [3.05, 3.63) is 9.47 Å². The van der Waals surface area contributed by atoms with Crippen LogP contribution in [0.1, 0.15) is 11.9 Å². The molecular formula is C10H17ClN4S. The van der Waals surface area contributed by atoms with E-state index in [1.54, 1.807) is 0 Å². The Morgan fingerprint density at radius 3 is 2.69 bits per heavy atom. The number of likely N-dealkylation sites (N-methyl/N-ethyl adjacent to an activating group) is 1. The second kappa shape index (κ2) is 4.96. The molecule has 1 aromatic heterocycles. The minimum absolute atomic E-state index is 0.534. The average molecular weight is 261 g/mol. The summed E-state index contributed by atoms with van der Waals surface area (Å²) in [6.07, 6.45) is 0. The lowest BCUT2D eigenvalue weighted by atomic mass is 10.1. The summed E-state index contributed by atoms with van der Waals surface area (Å²) in [4.78, 5) is 4.73. The Bertz CT molecular complexity index is 354. The SMILES string of the molecule is CC1CN(Cc2nnc(Cl)s2)CC1N(C)C. The maximum absolute atomic E-state index is 5.77. The van der Waals surface area contributed by atoms with Crippen LogP contribution in [0.2, 0.25) is 4.47 Å². The van der Waals surface area contributed by atoms with Crippen LogP contribution in [-0.4, -0.2) is 53.2 Å². The minimum atomic E-state index is 0.534. The largest absolute Gasteiger partial charge is 0.305 e. The van der Waals surface area contributed by atoms with Crippen LogP contribution in [0.5, 0.6) is 0 Å². The smallest absolute Gasteiger partial charge is 0.207 e. The summed E-state index contributed by atoms with van der Waals surface area (Å²) < 4.78 is 0.534. The molecule has 0 aromatic carbocycles. The molecule has 0 bridgehead atoms. The lowest BCUT2D eigenvalue weighted by Crippen LogP contribution is -2.34. The number of hydrogen-bond acceptors (Lipinski definition) is 5. The van der Waals surface area contributed by atoms with Gasteiger partial charge >= 0.3 is 0 Å². The zero-order valence-corrected chi connectivity index (χ0v) is 11.4. The monoisotopic (exact) mass is 260 g/mol. The molecule has 4 nitrogen and oxygen atoms in total. The lowest BCUT2D eigenvalue weighted by Gasteiger charge is -2.22. The quantitative estimate of drug-likeness (QED) is 0.826. The average Bonchev–Trinajstić information content (AvgIpc) is 2.73. The maximum Gasteiger partial charge on any atom is 0.207 e. The van der Waals surface area contributed by atoms with Crippen LogP contribution >= 0.6 is 22.9 Å². The normalized spacial score (nSPS) is 26.8. The summed E-state index contributed by atoms with van der Waals surface area (Å²) in [5.74, 6) is 0.707. The molecule has 1 aliphatic rings. The van der Waals surface area contributed by atoms with E-state index in [0.717, 1.165) is 24.6 Å². The zero-order chi connectivity index (χ0) is 11.7. The van der Waals surface area contributed by atoms with Gasteiger partial charge in [-0.25, -0.2) is 0 Å². The molecule has 0 saturated carbocycles. The first-order chi connectivity index (χ1) is 7.56. The minimum Gasteiger partial charge on any atom is -0.305 e. The summed E-state index contributed by atoms with van der Waals surface area (Å²) in [7, 11) is 4.29. The number of aromatic nitrogens is 2. The van der Waals surface area contributed by atoms with Gasteiger partial charge in [-0.05, 0) is 31.6 Å². The van der Waals surface area contributed by atoms with E-state index in [0.29, 0.717) is 16.4 Å². The van der Waals surface area contributed by atoms with Gasteiger partial charge in [0.1, 0.15) is 5.01 Å². The van der Waals surface area contributed by atoms with Crippen molar-refractivity contribution in [1.82, 2.24) is 20.0 Å². The predicted molar refractivity (Wildman–Crippen MR) is 66.8 cm³/mol. The molecule has 0 N–H and O–H groups in total. The molecule has 2 heterocycles. The summed E-state index contributed by atoms with van der Waals surface area (Å²) in [6.45, 7) is 5.40. The Morgan fingerprint density at radius 2 is 2.19 bits per heavy atom. The molecular weight excluding hydrogens is 244 g/mol. The third kappa shape index (κ3) is 2.71. The van der Waals surface area contributed by atoms with E-state index in [-0.39, 0.29) is 0 Å². The first-order valence-electron chi connectivity index (χ1n) is 5.43. The van der Waals surface area contributed by atoms with E-state index < -0.39 is 0 Å².